The molecule has 0 saturated carbocycles. The summed E-state index contributed by atoms with van der Waals surface area (Å²) in [6, 6.07) is 14.1. The van der Waals surface area contributed by atoms with Gasteiger partial charge in [-0.15, -0.1) is 0 Å². The van der Waals surface area contributed by atoms with E-state index in [0.717, 1.165) is 5.69 Å². The predicted octanol–water partition coefficient (Wildman–Crippen LogP) is 5.60. The van der Waals surface area contributed by atoms with Crippen LogP contribution >= 0.6 is 46.9 Å². The standard InChI is InChI=1S/C19H13ClFN3OS3/c1-23-17(25)15-16(24(19(26)28-15)11-6-3-2-4-7-11)22-18(23)27-10-12-13(20)8-5-9-14(12)21/h2-9H,10H2,1H3. The molecule has 4 aromatic rings. The Morgan fingerprint density at radius 3 is 2.68 bits per heavy atom. The van der Waals surface area contributed by atoms with Crippen LogP contribution in [0.15, 0.2) is 58.5 Å². The lowest BCUT2D eigenvalue weighted by Crippen LogP contribution is -2.19. The summed E-state index contributed by atoms with van der Waals surface area (Å²) in [7, 11) is 1.65. The van der Waals surface area contributed by atoms with Gasteiger partial charge in [0.1, 0.15) is 10.5 Å². The van der Waals surface area contributed by atoms with Crippen LogP contribution < -0.4 is 5.56 Å². The Hall–Kier alpha value is -2.00. The fourth-order valence-corrected chi connectivity index (χ4v) is 5.41. The van der Waals surface area contributed by atoms with Crippen molar-refractivity contribution < 1.29 is 4.39 Å². The van der Waals surface area contributed by atoms with Gasteiger partial charge in [0.25, 0.3) is 5.56 Å². The van der Waals surface area contributed by atoms with Gasteiger partial charge in [-0.2, -0.15) is 0 Å². The molecule has 4 rings (SSSR count). The minimum atomic E-state index is -0.381. The highest BCUT2D eigenvalue weighted by atomic mass is 35.5. The molecule has 0 bridgehead atoms. The van der Waals surface area contributed by atoms with Crippen molar-refractivity contribution in [2.75, 3.05) is 0 Å². The van der Waals surface area contributed by atoms with Crippen LogP contribution in [-0.4, -0.2) is 14.1 Å². The van der Waals surface area contributed by atoms with Crippen molar-refractivity contribution in [1.29, 1.82) is 0 Å². The highest BCUT2D eigenvalue weighted by Crippen LogP contribution is 2.29. The molecule has 0 unspecified atom stereocenters. The number of rotatable bonds is 4. The molecule has 0 atom stereocenters. The first-order valence-corrected chi connectivity index (χ1v) is 10.8. The molecule has 0 saturated heterocycles. The van der Waals surface area contributed by atoms with Gasteiger partial charge in [-0.3, -0.25) is 13.9 Å². The van der Waals surface area contributed by atoms with Gasteiger partial charge < -0.3 is 0 Å². The van der Waals surface area contributed by atoms with E-state index in [1.165, 1.54) is 33.7 Å². The number of thiazole rings is 1. The molecule has 0 aliphatic rings. The normalized spacial score (nSPS) is 11.2. The van der Waals surface area contributed by atoms with Crippen molar-refractivity contribution in [2.24, 2.45) is 7.05 Å². The first-order chi connectivity index (χ1) is 13.5. The Bertz CT molecular complexity index is 1280. The molecule has 0 amide bonds. The second kappa shape index (κ2) is 7.79. The monoisotopic (exact) mass is 449 g/mol. The average Bonchev–Trinajstić information content (AvgIpc) is 3.02. The fourth-order valence-electron chi connectivity index (χ4n) is 2.75. The Kier molecular flexibility index (Phi) is 5.37. The fraction of sp³-hybridized carbons (Fsp3) is 0.105. The lowest BCUT2D eigenvalue weighted by Gasteiger charge is -2.10. The Labute approximate surface area is 178 Å². The Balaban J connectivity index is 1.83. The second-order valence-corrected chi connectivity index (χ2v) is 8.93. The SMILES string of the molecule is Cn1c(SCc2c(F)cccc2Cl)nc2c(sc(=S)n2-c2ccccc2)c1=O. The molecule has 2 aromatic carbocycles. The van der Waals surface area contributed by atoms with E-state index in [-0.39, 0.29) is 17.1 Å². The number of aromatic nitrogens is 3. The first kappa shape index (κ1) is 19.3. The van der Waals surface area contributed by atoms with Crippen molar-refractivity contribution in [2.45, 2.75) is 10.9 Å². The maximum atomic E-state index is 14.1. The summed E-state index contributed by atoms with van der Waals surface area (Å²) in [5.41, 5.74) is 1.55. The zero-order valence-electron chi connectivity index (χ0n) is 14.6. The van der Waals surface area contributed by atoms with E-state index >= 15 is 0 Å². The molecule has 0 aliphatic carbocycles. The van der Waals surface area contributed by atoms with Crippen LogP contribution in [0, 0.1) is 9.77 Å². The lowest BCUT2D eigenvalue weighted by molar-refractivity contribution is 0.617. The molecule has 0 radical (unpaired) electrons. The summed E-state index contributed by atoms with van der Waals surface area (Å²) < 4.78 is 18.4. The zero-order chi connectivity index (χ0) is 19.8. The minimum absolute atomic E-state index is 0.182. The van der Waals surface area contributed by atoms with Crippen LogP contribution in [0.5, 0.6) is 0 Å². The summed E-state index contributed by atoms with van der Waals surface area (Å²) in [6.07, 6.45) is 0. The molecule has 0 spiro atoms. The van der Waals surface area contributed by atoms with Crippen LogP contribution in [0.25, 0.3) is 16.0 Å². The molecule has 2 heterocycles. The largest absolute Gasteiger partial charge is 0.289 e. The highest BCUT2D eigenvalue weighted by molar-refractivity contribution is 7.98. The molecule has 0 aliphatic heterocycles. The summed E-state index contributed by atoms with van der Waals surface area (Å²) in [5.74, 6) is -0.123. The molecule has 0 N–H and O–H groups in total. The van der Waals surface area contributed by atoms with E-state index < -0.39 is 0 Å². The van der Waals surface area contributed by atoms with Crippen molar-refractivity contribution in [3.63, 3.8) is 0 Å². The third-order valence-corrected chi connectivity index (χ3v) is 6.96. The number of halogens is 2. The molecular weight excluding hydrogens is 437 g/mol. The smallest absolute Gasteiger partial charge is 0.273 e. The quantitative estimate of drug-likeness (QED) is 0.231. The van der Waals surface area contributed by atoms with E-state index in [1.54, 1.807) is 23.7 Å². The van der Waals surface area contributed by atoms with E-state index in [1.807, 2.05) is 30.3 Å². The van der Waals surface area contributed by atoms with Gasteiger partial charge in [0, 0.05) is 29.1 Å². The maximum absolute atomic E-state index is 14.1. The summed E-state index contributed by atoms with van der Waals surface area (Å²) in [4.78, 5) is 17.5. The van der Waals surface area contributed by atoms with Crippen LogP contribution in [0.3, 0.4) is 0 Å². The lowest BCUT2D eigenvalue weighted by atomic mass is 10.2. The number of benzene rings is 2. The second-order valence-electron chi connectivity index (χ2n) is 5.94. The van der Waals surface area contributed by atoms with Crippen LogP contribution in [0.4, 0.5) is 4.39 Å². The van der Waals surface area contributed by atoms with Crippen LogP contribution in [0.1, 0.15) is 5.56 Å². The van der Waals surface area contributed by atoms with Gasteiger partial charge in [-0.25, -0.2) is 9.37 Å². The molecule has 142 valence electrons. The molecular formula is C19H13ClFN3OS3. The predicted molar refractivity (Wildman–Crippen MR) is 116 cm³/mol. The minimum Gasteiger partial charge on any atom is -0.289 e. The van der Waals surface area contributed by atoms with Gasteiger partial charge in [0.15, 0.2) is 14.8 Å². The number of hydrogen-bond donors (Lipinski definition) is 0. The third-order valence-electron chi connectivity index (χ3n) is 4.20. The van der Waals surface area contributed by atoms with Gasteiger partial charge in [0.05, 0.1) is 0 Å². The van der Waals surface area contributed by atoms with E-state index in [9.17, 15) is 9.18 Å². The number of thioether (sulfide) groups is 1. The number of nitrogens with zero attached hydrogens (tertiary/aromatic N) is 3. The van der Waals surface area contributed by atoms with Gasteiger partial charge in [0.2, 0.25) is 0 Å². The summed E-state index contributed by atoms with van der Waals surface area (Å²) in [6.45, 7) is 0. The Morgan fingerprint density at radius 2 is 1.96 bits per heavy atom. The molecule has 28 heavy (non-hydrogen) atoms. The van der Waals surface area contributed by atoms with Crippen LogP contribution in [-0.2, 0) is 12.8 Å². The molecule has 9 heteroatoms. The van der Waals surface area contributed by atoms with Gasteiger partial charge in [-0.05, 0) is 36.5 Å². The zero-order valence-corrected chi connectivity index (χ0v) is 17.8. The third kappa shape index (κ3) is 3.41. The topological polar surface area (TPSA) is 39.8 Å². The van der Waals surface area contributed by atoms with E-state index in [0.29, 0.717) is 30.0 Å². The van der Waals surface area contributed by atoms with Crippen molar-refractivity contribution in [3.05, 3.63) is 79.2 Å². The maximum Gasteiger partial charge on any atom is 0.273 e. The van der Waals surface area contributed by atoms with Gasteiger partial charge >= 0.3 is 0 Å². The van der Waals surface area contributed by atoms with Crippen LogP contribution in [0.2, 0.25) is 5.02 Å². The number of hydrogen-bond acceptors (Lipinski definition) is 5. The highest BCUT2D eigenvalue weighted by Gasteiger charge is 2.17. The number of para-hydroxylation sites is 1. The average molecular weight is 450 g/mol. The Morgan fingerprint density at radius 1 is 1.21 bits per heavy atom. The summed E-state index contributed by atoms with van der Waals surface area (Å²) in [5, 5.41) is 0.815. The first-order valence-electron chi connectivity index (χ1n) is 8.21. The van der Waals surface area contributed by atoms with Crippen molar-refractivity contribution >= 4 is 57.3 Å². The van der Waals surface area contributed by atoms with Gasteiger partial charge in [-0.1, -0.05) is 59.0 Å². The van der Waals surface area contributed by atoms with E-state index in [4.69, 9.17) is 23.8 Å². The summed E-state index contributed by atoms with van der Waals surface area (Å²) >= 11 is 14.1. The molecule has 4 nitrogen and oxygen atoms in total. The molecule has 0 fully saturated rings. The van der Waals surface area contributed by atoms with Crippen molar-refractivity contribution in [1.82, 2.24) is 14.1 Å². The molecule has 2 aromatic heterocycles. The number of fused-ring (bicyclic) bond motifs is 1. The van der Waals surface area contributed by atoms with Crippen molar-refractivity contribution in [3.8, 4) is 5.69 Å². The van der Waals surface area contributed by atoms with E-state index in [2.05, 4.69) is 4.98 Å².